The van der Waals surface area contributed by atoms with Gasteiger partial charge in [0.1, 0.15) is 6.33 Å². The Labute approximate surface area is 169 Å². The van der Waals surface area contributed by atoms with Gasteiger partial charge < -0.3 is 15.0 Å². The van der Waals surface area contributed by atoms with Gasteiger partial charge in [0.15, 0.2) is 11.4 Å². The molecule has 7 heteroatoms. The zero-order chi connectivity index (χ0) is 20.0. The van der Waals surface area contributed by atoms with Crippen molar-refractivity contribution in [3.05, 3.63) is 42.0 Å². The van der Waals surface area contributed by atoms with Gasteiger partial charge in [0.05, 0.1) is 23.8 Å². The minimum atomic E-state index is 0.326. The lowest BCUT2D eigenvalue weighted by Crippen LogP contribution is -2.27. The van der Waals surface area contributed by atoms with Crippen molar-refractivity contribution in [2.45, 2.75) is 38.5 Å². The molecule has 0 saturated carbocycles. The monoisotopic (exact) mass is 390 g/mol. The minimum Gasteiger partial charge on any atom is -0.493 e. The SMILES string of the molecule is COc1cc(-c2[nH]c3ccc(C4CCNCC4)nc3c2C(C)C)cn2ncnc12. The fraction of sp³-hybridized carbons (Fsp3) is 0.409. The number of H-pyrrole nitrogens is 1. The van der Waals surface area contributed by atoms with Gasteiger partial charge in [-0.25, -0.2) is 9.50 Å². The maximum Gasteiger partial charge on any atom is 0.197 e. The van der Waals surface area contributed by atoms with Crippen LogP contribution in [0.25, 0.3) is 27.9 Å². The molecule has 1 aliphatic heterocycles. The van der Waals surface area contributed by atoms with Gasteiger partial charge in [-0.2, -0.15) is 5.10 Å². The van der Waals surface area contributed by atoms with Crippen molar-refractivity contribution in [3.63, 3.8) is 0 Å². The normalized spacial score (nSPS) is 15.6. The number of ether oxygens (including phenoxy) is 1. The Morgan fingerprint density at radius 3 is 2.79 bits per heavy atom. The average Bonchev–Trinajstić information content (AvgIpc) is 3.37. The average molecular weight is 390 g/mol. The first kappa shape index (κ1) is 18.1. The highest BCUT2D eigenvalue weighted by atomic mass is 16.5. The number of nitrogens with one attached hydrogen (secondary N) is 2. The molecule has 7 nitrogen and oxygen atoms in total. The summed E-state index contributed by atoms with van der Waals surface area (Å²) in [5.41, 5.74) is 7.38. The smallest absolute Gasteiger partial charge is 0.197 e. The number of methoxy groups -OCH3 is 1. The fourth-order valence-corrected chi connectivity index (χ4v) is 4.42. The van der Waals surface area contributed by atoms with Gasteiger partial charge >= 0.3 is 0 Å². The van der Waals surface area contributed by atoms with Gasteiger partial charge in [-0.3, -0.25) is 4.98 Å². The van der Waals surface area contributed by atoms with Crippen molar-refractivity contribution in [2.24, 2.45) is 0 Å². The van der Waals surface area contributed by atoms with Crippen LogP contribution >= 0.6 is 0 Å². The highest BCUT2D eigenvalue weighted by Crippen LogP contribution is 2.37. The molecule has 0 bridgehead atoms. The fourth-order valence-electron chi connectivity index (χ4n) is 4.42. The molecule has 2 N–H and O–H groups in total. The van der Waals surface area contributed by atoms with Crippen LogP contribution in [0.2, 0.25) is 0 Å². The van der Waals surface area contributed by atoms with E-state index >= 15 is 0 Å². The number of piperidine rings is 1. The lowest BCUT2D eigenvalue weighted by atomic mass is 9.93. The summed E-state index contributed by atoms with van der Waals surface area (Å²) in [6.45, 7) is 6.57. The first-order valence-electron chi connectivity index (χ1n) is 10.3. The van der Waals surface area contributed by atoms with Crippen molar-refractivity contribution >= 4 is 16.7 Å². The van der Waals surface area contributed by atoms with Crippen LogP contribution in [0.1, 0.15) is 49.8 Å². The molecule has 4 aromatic rings. The number of aromatic amines is 1. The van der Waals surface area contributed by atoms with E-state index in [0.29, 0.717) is 23.2 Å². The van der Waals surface area contributed by atoms with E-state index in [1.54, 1.807) is 18.0 Å². The Kier molecular flexibility index (Phi) is 4.47. The second kappa shape index (κ2) is 7.15. The van der Waals surface area contributed by atoms with Gasteiger partial charge in [0.25, 0.3) is 0 Å². The summed E-state index contributed by atoms with van der Waals surface area (Å²) in [6.07, 6.45) is 5.83. The first-order valence-corrected chi connectivity index (χ1v) is 10.3. The first-order chi connectivity index (χ1) is 14.2. The molecule has 0 radical (unpaired) electrons. The van der Waals surface area contributed by atoms with Crippen molar-refractivity contribution < 1.29 is 4.74 Å². The van der Waals surface area contributed by atoms with E-state index in [2.05, 4.69) is 46.4 Å². The molecule has 0 amide bonds. The van der Waals surface area contributed by atoms with E-state index in [1.165, 1.54) is 11.3 Å². The van der Waals surface area contributed by atoms with Crippen molar-refractivity contribution in [1.82, 2.24) is 29.9 Å². The molecule has 0 unspecified atom stereocenters. The quantitative estimate of drug-likeness (QED) is 0.553. The number of pyridine rings is 2. The molecular weight excluding hydrogens is 364 g/mol. The van der Waals surface area contributed by atoms with Crippen LogP contribution in [0.5, 0.6) is 5.75 Å². The van der Waals surface area contributed by atoms with E-state index in [9.17, 15) is 0 Å². The van der Waals surface area contributed by atoms with Gasteiger partial charge in [-0.1, -0.05) is 13.8 Å². The number of hydrogen-bond donors (Lipinski definition) is 2. The number of nitrogens with zero attached hydrogens (tertiary/aromatic N) is 4. The summed E-state index contributed by atoms with van der Waals surface area (Å²) in [6, 6.07) is 6.39. The highest BCUT2D eigenvalue weighted by Gasteiger charge is 2.22. The largest absolute Gasteiger partial charge is 0.493 e. The summed E-state index contributed by atoms with van der Waals surface area (Å²) in [5.74, 6) is 1.56. The lowest BCUT2D eigenvalue weighted by Gasteiger charge is -2.22. The van der Waals surface area contributed by atoms with E-state index < -0.39 is 0 Å². The Balaban J connectivity index is 1.68. The molecule has 5 rings (SSSR count). The standard InChI is InChI=1S/C22H26N6O/c1-13(2)19-20(15-10-18(29-3)22-24-12-25-28(22)11-15)27-17-5-4-16(26-21(17)19)14-6-8-23-9-7-14/h4-5,10-14,23,27H,6-9H2,1-3H3. The van der Waals surface area contributed by atoms with Crippen LogP contribution in [0.4, 0.5) is 0 Å². The predicted octanol–water partition coefficient (Wildman–Crippen LogP) is 3.87. The third kappa shape index (κ3) is 3.06. The van der Waals surface area contributed by atoms with E-state index in [1.807, 2.05) is 12.3 Å². The zero-order valence-corrected chi connectivity index (χ0v) is 17.1. The van der Waals surface area contributed by atoms with Crippen molar-refractivity contribution in [1.29, 1.82) is 0 Å². The topological polar surface area (TPSA) is 80.1 Å². The molecule has 150 valence electrons. The van der Waals surface area contributed by atoms with Crippen LogP contribution in [-0.4, -0.2) is 44.8 Å². The molecular formula is C22H26N6O. The van der Waals surface area contributed by atoms with Gasteiger partial charge in [0.2, 0.25) is 0 Å². The van der Waals surface area contributed by atoms with E-state index in [4.69, 9.17) is 9.72 Å². The molecule has 29 heavy (non-hydrogen) atoms. The maximum atomic E-state index is 5.56. The number of rotatable bonds is 4. The molecule has 0 aromatic carbocycles. The summed E-state index contributed by atoms with van der Waals surface area (Å²) in [7, 11) is 1.66. The minimum absolute atomic E-state index is 0.326. The molecule has 0 atom stereocenters. The number of aromatic nitrogens is 5. The van der Waals surface area contributed by atoms with Crippen LogP contribution in [0.15, 0.2) is 30.7 Å². The van der Waals surface area contributed by atoms with E-state index in [-0.39, 0.29) is 0 Å². The van der Waals surface area contributed by atoms with Gasteiger partial charge in [-0.05, 0) is 50.0 Å². The predicted molar refractivity (Wildman–Crippen MR) is 114 cm³/mol. The highest BCUT2D eigenvalue weighted by molar-refractivity contribution is 5.89. The second-order valence-corrected chi connectivity index (χ2v) is 8.05. The Bertz CT molecular complexity index is 1170. The van der Waals surface area contributed by atoms with Gasteiger partial charge in [-0.15, -0.1) is 0 Å². The molecule has 0 aliphatic carbocycles. The number of fused-ring (bicyclic) bond motifs is 2. The molecule has 1 saturated heterocycles. The Morgan fingerprint density at radius 2 is 2.03 bits per heavy atom. The Morgan fingerprint density at radius 1 is 1.21 bits per heavy atom. The third-order valence-corrected chi connectivity index (χ3v) is 5.89. The molecule has 4 aromatic heterocycles. The summed E-state index contributed by atoms with van der Waals surface area (Å²) in [5, 5.41) is 7.75. The van der Waals surface area contributed by atoms with Crippen LogP contribution in [0, 0.1) is 0 Å². The zero-order valence-electron chi connectivity index (χ0n) is 17.1. The van der Waals surface area contributed by atoms with E-state index in [0.717, 1.165) is 48.2 Å². The Hall–Kier alpha value is -2.93. The van der Waals surface area contributed by atoms with Crippen LogP contribution in [-0.2, 0) is 0 Å². The molecule has 0 spiro atoms. The molecule has 5 heterocycles. The van der Waals surface area contributed by atoms with Crippen molar-refractivity contribution in [2.75, 3.05) is 20.2 Å². The van der Waals surface area contributed by atoms with Crippen LogP contribution in [0.3, 0.4) is 0 Å². The third-order valence-electron chi connectivity index (χ3n) is 5.89. The summed E-state index contributed by atoms with van der Waals surface area (Å²) in [4.78, 5) is 13.0. The van der Waals surface area contributed by atoms with Gasteiger partial charge in [0, 0.05) is 28.9 Å². The number of hydrogen-bond acceptors (Lipinski definition) is 5. The molecule has 1 fully saturated rings. The maximum absolute atomic E-state index is 5.56. The molecule has 1 aliphatic rings. The van der Waals surface area contributed by atoms with Crippen LogP contribution < -0.4 is 10.1 Å². The van der Waals surface area contributed by atoms with Crippen molar-refractivity contribution in [3.8, 4) is 17.0 Å². The second-order valence-electron chi connectivity index (χ2n) is 8.05. The summed E-state index contributed by atoms with van der Waals surface area (Å²) >= 11 is 0. The lowest BCUT2D eigenvalue weighted by molar-refractivity contribution is 0.416. The summed E-state index contributed by atoms with van der Waals surface area (Å²) < 4.78 is 7.32.